The molecule has 0 atom stereocenters. The van der Waals surface area contributed by atoms with Gasteiger partial charge in [-0.25, -0.2) is 28.2 Å². The highest BCUT2D eigenvalue weighted by atomic mass is 32.2. The lowest BCUT2D eigenvalue weighted by Crippen LogP contribution is -2.14. The number of anilines is 3. The molecule has 0 unspecified atom stereocenters. The summed E-state index contributed by atoms with van der Waals surface area (Å²) in [5.74, 6) is -0.0502. The van der Waals surface area contributed by atoms with E-state index >= 15 is 0 Å². The molecule has 9 nitrogen and oxygen atoms in total. The molecule has 0 saturated heterocycles. The molecule has 156 valence electrons. The third-order valence-corrected chi connectivity index (χ3v) is 5.71. The molecule has 0 spiro atoms. The Labute approximate surface area is 178 Å². The first-order valence-corrected chi connectivity index (χ1v) is 11.5. The lowest BCUT2D eigenvalue weighted by Gasteiger charge is -2.12. The van der Waals surface area contributed by atoms with Crippen molar-refractivity contribution in [1.82, 2.24) is 15.0 Å². The molecule has 3 aromatic rings. The molecule has 2 aromatic heterocycles. The number of esters is 1. The van der Waals surface area contributed by atoms with E-state index in [9.17, 15) is 13.2 Å². The van der Waals surface area contributed by atoms with Crippen LogP contribution in [0, 0.1) is 0 Å². The number of hydrogen-bond donors (Lipinski definition) is 2. The van der Waals surface area contributed by atoms with Gasteiger partial charge in [0, 0.05) is 18.1 Å². The highest BCUT2D eigenvalue weighted by Crippen LogP contribution is 2.23. The Morgan fingerprint density at radius 2 is 1.90 bits per heavy atom. The molecule has 2 N–H and O–H groups in total. The van der Waals surface area contributed by atoms with Crippen molar-refractivity contribution in [1.29, 1.82) is 0 Å². The van der Waals surface area contributed by atoms with E-state index in [1.54, 1.807) is 37.3 Å². The monoisotopic (exact) mass is 445 g/mol. The van der Waals surface area contributed by atoms with Gasteiger partial charge in [0.1, 0.15) is 17.2 Å². The quantitative estimate of drug-likeness (QED) is 0.305. The van der Waals surface area contributed by atoms with Crippen LogP contribution in [0.5, 0.6) is 0 Å². The number of aromatic nitrogens is 3. The zero-order valence-corrected chi connectivity index (χ0v) is 17.8. The molecule has 0 radical (unpaired) electrons. The van der Waals surface area contributed by atoms with Crippen LogP contribution in [0.25, 0.3) is 0 Å². The summed E-state index contributed by atoms with van der Waals surface area (Å²) >= 11 is 1.33. The SMILES string of the molecule is CCOC(=O)c1cnc(SC)nc1Nc1ccc(S(=O)(=O)Nc2ccccn2)cc1. The minimum Gasteiger partial charge on any atom is -0.462 e. The Balaban J connectivity index is 1.83. The number of thioether (sulfide) groups is 1. The van der Waals surface area contributed by atoms with Gasteiger partial charge in [0.15, 0.2) is 5.16 Å². The number of sulfonamides is 1. The predicted molar refractivity (Wildman–Crippen MR) is 115 cm³/mol. The van der Waals surface area contributed by atoms with Crippen LogP contribution < -0.4 is 10.0 Å². The number of benzene rings is 1. The van der Waals surface area contributed by atoms with E-state index < -0.39 is 16.0 Å². The van der Waals surface area contributed by atoms with Crippen molar-refractivity contribution >= 4 is 45.1 Å². The second-order valence-corrected chi connectivity index (χ2v) is 8.27. The molecule has 0 aliphatic carbocycles. The van der Waals surface area contributed by atoms with Crippen LogP contribution in [0.4, 0.5) is 17.3 Å². The average Bonchev–Trinajstić information content (AvgIpc) is 2.74. The van der Waals surface area contributed by atoms with Crippen LogP contribution in [-0.2, 0) is 14.8 Å². The van der Waals surface area contributed by atoms with Crippen LogP contribution in [0.1, 0.15) is 17.3 Å². The molecule has 0 fully saturated rings. The number of nitrogens with one attached hydrogen (secondary N) is 2. The second kappa shape index (κ2) is 9.55. The van der Waals surface area contributed by atoms with Gasteiger partial charge in [0.2, 0.25) is 0 Å². The fourth-order valence-electron chi connectivity index (χ4n) is 2.39. The van der Waals surface area contributed by atoms with Crippen molar-refractivity contribution in [3.8, 4) is 0 Å². The summed E-state index contributed by atoms with van der Waals surface area (Å²) in [7, 11) is -3.79. The van der Waals surface area contributed by atoms with Crippen LogP contribution in [0.3, 0.4) is 0 Å². The molecule has 30 heavy (non-hydrogen) atoms. The normalized spacial score (nSPS) is 11.0. The summed E-state index contributed by atoms with van der Waals surface area (Å²) in [6.07, 6.45) is 4.71. The molecule has 0 amide bonds. The van der Waals surface area contributed by atoms with E-state index in [4.69, 9.17) is 4.74 Å². The number of hydrogen-bond acceptors (Lipinski definition) is 9. The molecule has 0 aliphatic heterocycles. The number of pyridine rings is 1. The number of carbonyl (C=O) groups is 1. The van der Waals surface area contributed by atoms with Crippen molar-refractivity contribution in [2.24, 2.45) is 0 Å². The molecule has 3 rings (SSSR count). The number of nitrogens with zero attached hydrogens (tertiary/aromatic N) is 3. The van der Waals surface area contributed by atoms with Gasteiger partial charge in [0.05, 0.1) is 11.5 Å². The third-order valence-electron chi connectivity index (χ3n) is 3.78. The van der Waals surface area contributed by atoms with E-state index in [0.717, 1.165) is 0 Å². The van der Waals surface area contributed by atoms with Gasteiger partial charge in [-0.15, -0.1) is 0 Å². The molecular weight excluding hydrogens is 426 g/mol. The van der Waals surface area contributed by atoms with Gasteiger partial charge in [-0.2, -0.15) is 0 Å². The zero-order valence-electron chi connectivity index (χ0n) is 16.2. The van der Waals surface area contributed by atoms with E-state index in [1.165, 1.54) is 36.3 Å². The van der Waals surface area contributed by atoms with Crippen LogP contribution in [0.15, 0.2) is 64.9 Å². The number of rotatable bonds is 8. The maximum absolute atomic E-state index is 12.5. The molecule has 11 heteroatoms. The van der Waals surface area contributed by atoms with Crippen LogP contribution in [0.2, 0.25) is 0 Å². The van der Waals surface area contributed by atoms with Crippen molar-refractivity contribution in [2.45, 2.75) is 17.0 Å². The number of ether oxygens (including phenoxy) is 1. The van der Waals surface area contributed by atoms with Gasteiger partial charge in [-0.3, -0.25) is 4.72 Å². The topological polar surface area (TPSA) is 123 Å². The Hall–Kier alpha value is -3.18. The lowest BCUT2D eigenvalue weighted by atomic mass is 10.2. The third kappa shape index (κ3) is 5.24. The van der Waals surface area contributed by atoms with E-state index in [-0.39, 0.29) is 28.7 Å². The summed E-state index contributed by atoms with van der Waals surface area (Å²) in [6, 6.07) is 11.0. The molecule has 1 aromatic carbocycles. The van der Waals surface area contributed by atoms with E-state index in [0.29, 0.717) is 10.8 Å². The first-order valence-electron chi connectivity index (χ1n) is 8.82. The summed E-state index contributed by atoms with van der Waals surface area (Å²) in [6.45, 7) is 1.93. The van der Waals surface area contributed by atoms with Gasteiger partial charge >= 0.3 is 5.97 Å². The largest absolute Gasteiger partial charge is 0.462 e. The van der Waals surface area contributed by atoms with Gasteiger partial charge in [-0.1, -0.05) is 17.8 Å². The van der Waals surface area contributed by atoms with Gasteiger partial charge in [0.25, 0.3) is 10.0 Å². The Morgan fingerprint density at radius 3 is 2.53 bits per heavy atom. The maximum atomic E-state index is 12.5. The first kappa shape index (κ1) is 21.5. The van der Waals surface area contributed by atoms with Crippen molar-refractivity contribution < 1.29 is 17.9 Å². The van der Waals surface area contributed by atoms with Crippen LogP contribution >= 0.6 is 11.8 Å². The average molecular weight is 446 g/mol. The molecule has 0 saturated carbocycles. The summed E-state index contributed by atoms with van der Waals surface area (Å²) in [4.78, 5) is 24.6. The van der Waals surface area contributed by atoms with Crippen molar-refractivity contribution in [3.05, 3.63) is 60.4 Å². The predicted octanol–water partition coefficient (Wildman–Crippen LogP) is 3.31. The summed E-state index contributed by atoms with van der Waals surface area (Å²) < 4.78 is 32.5. The first-order chi connectivity index (χ1) is 14.4. The van der Waals surface area contributed by atoms with Crippen molar-refractivity contribution in [3.63, 3.8) is 0 Å². The second-order valence-electron chi connectivity index (χ2n) is 5.81. The zero-order chi connectivity index (χ0) is 21.6. The minimum atomic E-state index is -3.79. The smallest absolute Gasteiger partial charge is 0.343 e. The fraction of sp³-hybridized carbons (Fsp3) is 0.158. The van der Waals surface area contributed by atoms with Gasteiger partial charge in [-0.05, 0) is 49.6 Å². The fourth-order valence-corrected chi connectivity index (χ4v) is 3.74. The summed E-state index contributed by atoms with van der Waals surface area (Å²) in [5, 5.41) is 3.50. The summed E-state index contributed by atoms with van der Waals surface area (Å²) in [5.41, 5.74) is 0.728. The van der Waals surface area contributed by atoms with Gasteiger partial charge < -0.3 is 10.1 Å². The van der Waals surface area contributed by atoms with E-state index in [2.05, 4.69) is 25.0 Å². The van der Waals surface area contributed by atoms with Crippen LogP contribution in [-0.4, -0.2) is 42.2 Å². The Bertz CT molecular complexity index is 1120. The molecule has 0 aliphatic rings. The molecular formula is C19H19N5O4S2. The standard InChI is InChI=1S/C19H19N5O4S2/c1-3-28-18(25)15-12-21-19(29-2)23-17(15)22-13-7-9-14(10-8-13)30(26,27)24-16-6-4-5-11-20-16/h4-12H,3H2,1-2H3,(H,20,24)(H,21,22,23). The minimum absolute atomic E-state index is 0.0665. The van der Waals surface area contributed by atoms with Crippen molar-refractivity contribution in [2.75, 3.05) is 22.9 Å². The highest BCUT2D eigenvalue weighted by Gasteiger charge is 2.18. The highest BCUT2D eigenvalue weighted by molar-refractivity contribution is 7.98. The molecule has 0 bridgehead atoms. The maximum Gasteiger partial charge on any atom is 0.343 e. The lowest BCUT2D eigenvalue weighted by molar-refractivity contribution is 0.0526. The van der Waals surface area contributed by atoms with E-state index in [1.807, 2.05) is 6.26 Å². The number of carbonyl (C=O) groups excluding carboxylic acids is 1. The molecule has 2 heterocycles. The Morgan fingerprint density at radius 1 is 1.13 bits per heavy atom. The Kier molecular flexibility index (Phi) is 6.85.